The second-order valence-electron chi connectivity index (χ2n) is 3.30. The summed E-state index contributed by atoms with van der Waals surface area (Å²) in [4.78, 5) is 0. The largest absolute Gasteiger partial charge is 0.374 e. The van der Waals surface area contributed by atoms with Gasteiger partial charge in [0, 0.05) is 6.61 Å². The van der Waals surface area contributed by atoms with Gasteiger partial charge in [0.25, 0.3) is 0 Å². The van der Waals surface area contributed by atoms with E-state index in [0.29, 0.717) is 6.10 Å². The summed E-state index contributed by atoms with van der Waals surface area (Å²) in [5.41, 5.74) is 3.01. The number of ether oxygens (including phenoxy) is 1. The summed E-state index contributed by atoms with van der Waals surface area (Å²) in [5, 5.41) is 0. The summed E-state index contributed by atoms with van der Waals surface area (Å²) in [7, 11) is 0. The van der Waals surface area contributed by atoms with E-state index in [-0.39, 0.29) is 0 Å². The Morgan fingerprint density at radius 1 is 1.45 bits per heavy atom. The fourth-order valence-corrected chi connectivity index (χ4v) is 1.65. The van der Waals surface area contributed by atoms with Crippen molar-refractivity contribution in [2.45, 2.75) is 46.1 Å². The fraction of sp³-hybridized carbons (Fsp3) is 0.800. The second kappa shape index (κ2) is 3.91. The van der Waals surface area contributed by atoms with Gasteiger partial charge in [0.15, 0.2) is 0 Å². The van der Waals surface area contributed by atoms with Crippen LogP contribution in [-0.4, -0.2) is 12.7 Å². The monoisotopic (exact) mass is 154 g/mol. The van der Waals surface area contributed by atoms with Crippen LogP contribution < -0.4 is 0 Å². The third-order valence-corrected chi connectivity index (χ3v) is 2.54. The molecule has 0 aliphatic heterocycles. The Hall–Kier alpha value is -0.300. The highest BCUT2D eigenvalue weighted by Gasteiger charge is 2.16. The van der Waals surface area contributed by atoms with Crippen molar-refractivity contribution in [2.75, 3.05) is 6.61 Å². The molecule has 1 nitrogen and oxygen atoms in total. The Bertz CT molecular complexity index is 158. The molecule has 0 saturated heterocycles. The summed E-state index contributed by atoms with van der Waals surface area (Å²) >= 11 is 0. The summed E-state index contributed by atoms with van der Waals surface area (Å²) < 4.78 is 5.61. The van der Waals surface area contributed by atoms with Crippen LogP contribution in [0.1, 0.15) is 40.0 Å². The van der Waals surface area contributed by atoms with Gasteiger partial charge in [-0.1, -0.05) is 5.57 Å². The second-order valence-corrected chi connectivity index (χ2v) is 3.30. The van der Waals surface area contributed by atoms with Crippen LogP contribution in [0.4, 0.5) is 0 Å². The van der Waals surface area contributed by atoms with Gasteiger partial charge in [0.05, 0.1) is 6.10 Å². The molecule has 0 aromatic rings. The molecule has 0 aromatic carbocycles. The highest BCUT2D eigenvalue weighted by Crippen LogP contribution is 2.26. The van der Waals surface area contributed by atoms with E-state index in [1.165, 1.54) is 30.4 Å². The van der Waals surface area contributed by atoms with Gasteiger partial charge in [-0.2, -0.15) is 0 Å². The third kappa shape index (κ3) is 2.06. The lowest BCUT2D eigenvalue weighted by Crippen LogP contribution is -2.18. The van der Waals surface area contributed by atoms with E-state index in [0.717, 1.165) is 6.61 Å². The molecule has 0 heterocycles. The van der Waals surface area contributed by atoms with Crippen LogP contribution in [0.3, 0.4) is 0 Å². The van der Waals surface area contributed by atoms with Crippen molar-refractivity contribution < 1.29 is 4.74 Å². The summed E-state index contributed by atoms with van der Waals surface area (Å²) in [6.07, 6.45) is 4.22. The zero-order valence-corrected chi connectivity index (χ0v) is 7.81. The van der Waals surface area contributed by atoms with Gasteiger partial charge < -0.3 is 4.74 Å². The number of allylic oxidation sites excluding steroid dienone is 1. The molecule has 1 unspecified atom stereocenters. The maximum absolute atomic E-state index is 5.61. The van der Waals surface area contributed by atoms with Gasteiger partial charge in [-0.05, 0) is 45.6 Å². The topological polar surface area (TPSA) is 9.23 Å². The summed E-state index contributed by atoms with van der Waals surface area (Å²) in [5.74, 6) is 0. The van der Waals surface area contributed by atoms with Crippen LogP contribution in [-0.2, 0) is 4.74 Å². The molecule has 11 heavy (non-hydrogen) atoms. The van der Waals surface area contributed by atoms with Gasteiger partial charge in [0.1, 0.15) is 0 Å². The van der Waals surface area contributed by atoms with E-state index in [2.05, 4.69) is 20.8 Å². The molecule has 1 atom stereocenters. The standard InChI is InChI=1S/C10H18O/c1-4-11-10-7-5-6-8(2)9(10)3/h10H,4-7H2,1-3H3. The van der Waals surface area contributed by atoms with Crippen molar-refractivity contribution in [2.24, 2.45) is 0 Å². The molecule has 64 valence electrons. The van der Waals surface area contributed by atoms with Crippen LogP contribution >= 0.6 is 0 Å². The lowest BCUT2D eigenvalue weighted by atomic mass is 9.91. The predicted octanol–water partition coefficient (Wildman–Crippen LogP) is 2.91. The summed E-state index contributed by atoms with van der Waals surface area (Å²) in [6.45, 7) is 7.34. The molecular formula is C10H18O. The van der Waals surface area contributed by atoms with Crippen molar-refractivity contribution in [3.05, 3.63) is 11.1 Å². The van der Waals surface area contributed by atoms with Crippen LogP contribution in [0, 0.1) is 0 Å². The number of hydrogen-bond donors (Lipinski definition) is 0. The molecule has 1 heteroatoms. The van der Waals surface area contributed by atoms with E-state index in [9.17, 15) is 0 Å². The van der Waals surface area contributed by atoms with Crippen LogP contribution in [0.2, 0.25) is 0 Å². The first-order valence-corrected chi connectivity index (χ1v) is 4.53. The minimum Gasteiger partial charge on any atom is -0.374 e. The lowest BCUT2D eigenvalue weighted by Gasteiger charge is -2.24. The Balaban J connectivity index is 2.58. The average molecular weight is 154 g/mol. The molecule has 0 bridgehead atoms. The van der Waals surface area contributed by atoms with Gasteiger partial charge >= 0.3 is 0 Å². The highest BCUT2D eigenvalue weighted by molar-refractivity contribution is 5.17. The SMILES string of the molecule is CCOC1CCCC(C)=C1C. The zero-order valence-electron chi connectivity index (χ0n) is 7.81. The zero-order chi connectivity index (χ0) is 8.27. The molecule has 1 rings (SSSR count). The van der Waals surface area contributed by atoms with Crippen LogP contribution in [0.25, 0.3) is 0 Å². The molecule has 0 aromatic heterocycles. The summed E-state index contributed by atoms with van der Waals surface area (Å²) in [6, 6.07) is 0. The first-order chi connectivity index (χ1) is 5.25. The molecule has 1 aliphatic carbocycles. The van der Waals surface area contributed by atoms with Crippen molar-refractivity contribution in [3.8, 4) is 0 Å². The first kappa shape index (κ1) is 8.79. The van der Waals surface area contributed by atoms with Gasteiger partial charge in [-0.3, -0.25) is 0 Å². The van der Waals surface area contributed by atoms with Gasteiger partial charge in [-0.15, -0.1) is 0 Å². The van der Waals surface area contributed by atoms with E-state index in [1.54, 1.807) is 0 Å². The molecule has 0 spiro atoms. The Kier molecular flexibility index (Phi) is 3.13. The smallest absolute Gasteiger partial charge is 0.0784 e. The maximum atomic E-state index is 5.61. The first-order valence-electron chi connectivity index (χ1n) is 4.53. The molecule has 0 radical (unpaired) electrons. The Morgan fingerprint density at radius 2 is 2.18 bits per heavy atom. The van der Waals surface area contributed by atoms with Crippen molar-refractivity contribution >= 4 is 0 Å². The Morgan fingerprint density at radius 3 is 2.82 bits per heavy atom. The number of hydrogen-bond acceptors (Lipinski definition) is 1. The highest BCUT2D eigenvalue weighted by atomic mass is 16.5. The normalized spacial score (nSPS) is 25.9. The van der Waals surface area contributed by atoms with Crippen molar-refractivity contribution in [3.63, 3.8) is 0 Å². The van der Waals surface area contributed by atoms with E-state index < -0.39 is 0 Å². The van der Waals surface area contributed by atoms with Crippen LogP contribution in [0.15, 0.2) is 11.1 Å². The Labute approximate surface area is 69.4 Å². The molecular weight excluding hydrogens is 136 g/mol. The maximum Gasteiger partial charge on any atom is 0.0784 e. The molecule has 0 N–H and O–H groups in total. The molecule has 0 saturated carbocycles. The minimum atomic E-state index is 0.425. The van der Waals surface area contributed by atoms with Crippen LogP contribution in [0.5, 0.6) is 0 Å². The van der Waals surface area contributed by atoms with E-state index >= 15 is 0 Å². The molecule has 1 aliphatic rings. The average Bonchev–Trinajstić information content (AvgIpc) is 1.99. The van der Waals surface area contributed by atoms with E-state index in [1.807, 2.05) is 0 Å². The lowest BCUT2D eigenvalue weighted by molar-refractivity contribution is 0.0759. The van der Waals surface area contributed by atoms with Gasteiger partial charge in [-0.25, -0.2) is 0 Å². The van der Waals surface area contributed by atoms with Gasteiger partial charge in [0.2, 0.25) is 0 Å². The molecule has 0 fully saturated rings. The predicted molar refractivity (Wildman–Crippen MR) is 47.6 cm³/mol. The molecule has 0 amide bonds. The number of rotatable bonds is 2. The minimum absolute atomic E-state index is 0.425. The third-order valence-electron chi connectivity index (χ3n) is 2.54. The van der Waals surface area contributed by atoms with Crippen molar-refractivity contribution in [1.29, 1.82) is 0 Å². The van der Waals surface area contributed by atoms with Crippen molar-refractivity contribution in [1.82, 2.24) is 0 Å². The van der Waals surface area contributed by atoms with E-state index in [4.69, 9.17) is 4.74 Å². The quantitative estimate of drug-likeness (QED) is 0.556. The fourth-order valence-electron chi connectivity index (χ4n) is 1.65.